The van der Waals surface area contributed by atoms with Gasteiger partial charge in [-0.2, -0.15) is 0 Å². The predicted octanol–water partition coefficient (Wildman–Crippen LogP) is 4.33. The molecule has 2 rings (SSSR count). The molecule has 0 amide bonds. The van der Waals surface area contributed by atoms with Crippen molar-refractivity contribution in [3.8, 4) is 0 Å². The van der Waals surface area contributed by atoms with Gasteiger partial charge in [0.2, 0.25) is 0 Å². The molecule has 1 fully saturated rings. The van der Waals surface area contributed by atoms with E-state index in [0.29, 0.717) is 0 Å². The van der Waals surface area contributed by atoms with Crippen molar-refractivity contribution in [2.24, 2.45) is 11.8 Å². The Labute approximate surface area is 105 Å². The van der Waals surface area contributed by atoms with Crippen LogP contribution in [0.4, 0.5) is 0 Å². The summed E-state index contributed by atoms with van der Waals surface area (Å²) < 4.78 is 0. The van der Waals surface area contributed by atoms with E-state index in [2.05, 4.69) is 6.92 Å². The van der Waals surface area contributed by atoms with Gasteiger partial charge in [-0.25, -0.2) is 0 Å². The Hall–Kier alpha value is -0.820. The van der Waals surface area contributed by atoms with E-state index in [1.807, 2.05) is 30.3 Å². The highest BCUT2D eigenvalue weighted by molar-refractivity contribution is 5.17. The van der Waals surface area contributed by atoms with Gasteiger partial charge in [-0.1, -0.05) is 69.4 Å². The molecule has 1 nitrogen and oxygen atoms in total. The van der Waals surface area contributed by atoms with Crippen LogP contribution in [-0.2, 0) is 0 Å². The lowest BCUT2D eigenvalue weighted by molar-refractivity contribution is 0.104. The van der Waals surface area contributed by atoms with Crippen LogP contribution in [0.15, 0.2) is 30.3 Å². The van der Waals surface area contributed by atoms with Gasteiger partial charge in [0.05, 0.1) is 6.10 Å². The zero-order valence-corrected chi connectivity index (χ0v) is 10.8. The van der Waals surface area contributed by atoms with Crippen LogP contribution < -0.4 is 0 Å². The van der Waals surface area contributed by atoms with Crippen molar-refractivity contribution >= 4 is 0 Å². The zero-order chi connectivity index (χ0) is 12.1. The lowest BCUT2D eigenvalue weighted by atomic mass is 9.75. The molecule has 1 heteroatoms. The highest BCUT2D eigenvalue weighted by Gasteiger charge is 2.26. The molecule has 94 valence electrons. The molecular weight excluding hydrogens is 208 g/mol. The number of rotatable bonds is 4. The highest BCUT2D eigenvalue weighted by atomic mass is 16.3. The summed E-state index contributed by atoms with van der Waals surface area (Å²) in [5.74, 6) is 1.56. The van der Waals surface area contributed by atoms with Crippen molar-refractivity contribution in [2.75, 3.05) is 0 Å². The molecule has 0 heterocycles. The first kappa shape index (κ1) is 12.6. The van der Waals surface area contributed by atoms with Gasteiger partial charge in [-0.3, -0.25) is 0 Å². The van der Waals surface area contributed by atoms with Crippen LogP contribution in [0.1, 0.15) is 57.1 Å². The maximum absolute atomic E-state index is 10.3. The molecule has 0 radical (unpaired) electrons. The Balaban J connectivity index is 1.95. The molecule has 0 spiro atoms. The molecule has 3 atom stereocenters. The molecule has 1 saturated carbocycles. The van der Waals surface area contributed by atoms with Crippen molar-refractivity contribution in [1.82, 2.24) is 0 Å². The van der Waals surface area contributed by atoms with Gasteiger partial charge in [0, 0.05) is 0 Å². The first-order valence-electron chi connectivity index (χ1n) is 7.04. The van der Waals surface area contributed by atoms with Crippen LogP contribution >= 0.6 is 0 Å². The fourth-order valence-corrected chi connectivity index (χ4v) is 3.23. The number of aliphatic hydroxyl groups excluding tert-OH is 1. The number of benzene rings is 1. The van der Waals surface area contributed by atoms with Gasteiger partial charge in [0.15, 0.2) is 0 Å². The largest absolute Gasteiger partial charge is 0.388 e. The van der Waals surface area contributed by atoms with E-state index in [1.54, 1.807) is 0 Å². The molecule has 1 aliphatic rings. The van der Waals surface area contributed by atoms with Gasteiger partial charge >= 0.3 is 0 Å². The summed E-state index contributed by atoms with van der Waals surface area (Å²) in [6, 6.07) is 10.1. The van der Waals surface area contributed by atoms with Crippen molar-refractivity contribution in [2.45, 2.75) is 51.6 Å². The molecule has 17 heavy (non-hydrogen) atoms. The fourth-order valence-electron chi connectivity index (χ4n) is 3.23. The summed E-state index contributed by atoms with van der Waals surface area (Å²) >= 11 is 0. The van der Waals surface area contributed by atoms with E-state index in [9.17, 15) is 5.11 Å². The average Bonchev–Trinajstić information content (AvgIpc) is 2.40. The van der Waals surface area contributed by atoms with Crippen LogP contribution in [-0.4, -0.2) is 5.11 Å². The Kier molecular flexibility index (Phi) is 4.61. The second kappa shape index (κ2) is 6.20. The van der Waals surface area contributed by atoms with E-state index in [-0.39, 0.29) is 6.10 Å². The summed E-state index contributed by atoms with van der Waals surface area (Å²) in [4.78, 5) is 0. The molecule has 0 saturated heterocycles. The van der Waals surface area contributed by atoms with Crippen LogP contribution in [0.25, 0.3) is 0 Å². The van der Waals surface area contributed by atoms with Crippen LogP contribution in [0.5, 0.6) is 0 Å². The molecule has 1 aromatic rings. The number of aliphatic hydroxyl groups is 1. The van der Waals surface area contributed by atoms with E-state index >= 15 is 0 Å². The van der Waals surface area contributed by atoms with Crippen LogP contribution in [0, 0.1) is 11.8 Å². The molecule has 0 aliphatic heterocycles. The first-order chi connectivity index (χ1) is 8.31. The molecule has 1 aromatic carbocycles. The van der Waals surface area contributed by atoms with Crippen molar-refractivity contribution in [3.63, 3.8) is 0 Å². The topological polar surface area (TPSA) is 20.2 Å². The third-order valence-electron chi connectivity index (χ3n) is 4.30. The molecule has 0 bridgehead atoms. The summed E-state index contributed by atoms with van der Waals surface area (Å²) in [7, 11) is 0. The lowest BCUT2D eigenvalue weighted by Crippen LogP contribution is -2.21. The molecular formula is C16H24O. The van der Waals surface area contributed by atoms with Crippen molar-refractivity contribution in [1.29, 1.82) is 0 Å². The standard InChI is InChI=1S/C16H24O/c1-2-13-8-6-7-11-15(13)12-16(17)14-9-4-3-5-10-14/h3-5,9-10,13,15-17H,2,6-8,11-12H2,1H3. The van der Waals surface area contributed by atoms with Gasteiger partial charge in [-0.05, 0) is 23.8 Å². The van der Waals surface area contributed by atoms with Gasteiger partial charge < -0.3 is 5.11 Å². The molecule has 3 unspecified atom stereocenters. The van der Waals surface area contributed by atoms with Crippen molar-refractivity contribution in [3.05, 3.63) is 35.9 Å². The minimum atomic E-state index is -0.270. The maximum Gasteiger partial charge on any atom is 0.0792 e. The summed E-state index contributed by atoms with van der Waals surface area (Å²) in [5, 5.41) is 10.3. The SMILES string of the molecule is CCC1CCCCC1CC(O)c1ccccc1. The third kappa shape index (κ3) is 3.32. The molecule has 0 aromatic heterocycles. The Morgan fingerprint density at radius 1 is 1.12 bits per heavy atom. The Morgan fingerprint density at radius 2 is 1.76 bits per heavy atom. The van der Waals surface area contributed by atoms with Gasteiger partial charge in [0.25, 0.3) is 0 Å². The molecule has 1 N–H and O–H groups in total. The second-order valence-corrected chi connectivity index (χ2v) is 5.38. The Morgan fingerprint density at radius 3 is 2.41 bits per heavy atom. The quantitative estimate of drug-likeness (QED) is 0.819. The normalized spacial score (nSPS) is 26.7. The smallest absolute Gasteiger partial charge is 0.0792 e. The number of hydrogen-bond donors (Lipinski definition) is 1. The van der Waals surface area contributed by atoms with E-state index in [1.165, 1.54) is 32.1 Å². The van der Waals surface area contributed by atoms with Crippen LogP contribution in [0.3, 0.4) is 0 Å². The van der Waals surface area contributed by atoms with E-state index in [4.69, 9.17) is 0 Å². The maximum atomic E-state index is 10.3. The van der Waals surface area contributed by atoms with E-state index < -0.39 is 0 Å². The summed E-state index contributed by atoms with van der Waals surface area (Å²) in [6.07, 6.45) is 7.35. The molecule has 1 aliphatic carbocycles. The summed E-state index contributed by atoms with van der Waals surface area (Å²) in [6.45, 7) is 2.29. The highest BCUT2D eigenvalue weighted by Crippen LogP contribution is 2.37. The van der Waals surface area contributed by atoms with Crippen molar-refractivity contribution < 1.29 is 5.11 Å². The Bertz CT molecular complexity index is 320. The second-order valence-electron chi connectivity index (χ2n) is 5.38. The predicted molar refractivity (Wildman–Crippen MR) is 71.8 cm³/mol. The monoisotopic (exact) mass is 232 g/mol. The number of hydrogen-bond acceptors (Lipinski definition) is 1. The van der Waals surface area contributed by atoms with Gasteiger partial charge in [0.1, 0.15) is 0 Å². The van der Waals surface area contributed by atoms with Gasteiger partial charge in [-0.15, -0.1) is 0 Å². The minimum Gasteiger partial charge on any atom is -0.388 e. The van der Waals surface area contributed by atoms with E-state index in [0.717, 1.165) is 23.8 Å². The lowest BCUT2D eigenvalue weighted by Gasteiger charge is -2.32. The zero-order valence-electron chi connectivity index (χ0n) is 10.8. The minimum absolute atomic E-state index is 0.270. The van der Waals surface area contributed by atoms with Crippen LogP contribution in [0.2, 0.25) is 0 Å². The first-order valence-corrected chi connectivity index (χ1v) is 7.04. The average molecular weight is 232 g/mol. The fraction of sp³-hybridized carbons (Fsp3) is 0.625. The summed E-state index contributed by atoms with van der Waals surface area (Å²) in [5.41, 5.74) is 1.08. The third-order valence-corrected chi connectivity index (χ3v) is 4.30.